The Morgan fingerprint density at radius 1 is 1.36 bits per heavy atom. The minimum absolute atomic E-state index is 0.165. The van der Waals surface area contributed by atoms with Gasteiger partial charge >= 0.3 is 0 Å². The number of Topliss-reactive ketones (excluding diaryl/α,β-unsaturated/α-hetero) is 1. The monoisotopic (exact) mass is 313 g/mol. The van der Waals surface area contributed by atoms with Crippen molar-refractivity contribution in [3.05, 3.63) is 41.1 Å². The summed E-state index contributed by atoms with van der Waals surface area (Å²) in [5.74, 6) is 1.05. The van der Waals surface area contributed by atoms with Gasteiger partial charge in [-0.3, -0.25) is 9.59 Å². The molecule has 1 aromatic carbocycles. The number of aryl methyl sites for hydroxylation is 1. The Morgan fingerprint density at radius 2 is 2.23 bits per heavy atom. The first-order valence-electron chi connectivity index (χ1n) is 7.63. The second-order valence-electron chi connectivity index (χ2n) is 5.59. The van der Waals surface area contributed by atoms with Crippen LogP contribution in [0.3, 0.4) is 0 Å². The second-order valence-corrected chi connectivity index (χ2v) is 6.86. The Kier molecular flexibility index (Phi) is 4.48. The molecule has 2 aromatic rings. The number of aromatic amines is 1. The third-order valence-electron chi connectivity index (χ3n) is 3.94. The van der Waals surface area contributed by atoms with E-state index in [4.69, 9.17) is 0 Å². The Bertz CT molecular complexity index is 758. The zero-order chi connectivity index (χ0) is 15.5. The van der Waals surface area contributed by atoms with Crippen LogP contribution in [-0.2, 0) is 11.2 Å². The van der Waals surface area contributed by atoms with E-state index < -0.39 is 0 Å². The van der Waals surface area contributed by atoms with Gasteiger partial charge in [0, 0.05) is 30.0 Å². The lowest BCUT2D eigenvalue weighted by atomic mass is 9.94. The van der Waals surface area contributed by atoms with Crippen molar-refractivity contribution in [2.24, 2.45) is 0 Å². The van der Waals surface area contributed by atoms with E-state index in [2.05, 4.69) is 29.3 Å². The van der Waals surface area contributed by atoms with Crippen LogP contribution >= 0.6 is 11.8 Å². The highest BCUT2D eigenvalue weighted by atomic mass is 32.2. The first-order valence-corrected chi connectivity index (χ1v) is 8.61. The minimum atomic E-state index is 0.165. The van der Waals surface area contributed by atoms with E-state index in [0.29, 0.717) is 6.42 Å². The smallest absolute Gasteiger partial charge is 0.185 e. The molecule has 114 valence electrons. The van der Waals surface area contributed by atoms with E-state index in [1.807, 2.05) is 6.07 Å². The average molecular weight is 313 g/mol. The van der Waals surface area contributed by atoms with Gasteiger partial charge in [-0.1, -0.05) is 30.0 Å². The number of hydrogen-bond donors (Lipinski definition) is 1. The number of H-pyrrole nitrogens is 1. The zero-order valence-corrected chi connectivity index (χ0v) is 13.5. The van der Waals surface area contributed by atoms with Crippen molar-refractivity contribution < 1.29 is 9.59 Å². The first-order chi connectivity index (χ1) is 10.6. The summed E-state index contributed by atoms with van der Waals surface area (Å²) in [6.45, 7) is 1.60. The van der Waals surface area contributed by atoms with Gasteiger partial charge in [0.15, 0.2) is 10.9 Å². The maximum absolute atomic E-state index is 12.0. The Labute approximate surface area is 134 Å². The third kappa shape index (κ3) is 3.17. The Hall–Kier alpha value is -1.81. The summed E-state index contributed by atoms with van der Waals surface area (Å²) >= 11 is 1.36. The van der Waals surface area contributed by atoms with E-state index in [9.17, 15) is 9.59 Å². The highest BCUT2D eigenvalue weighted by Gasteiger charge is 2.21. The number of rotatable bonds is 4. The normalized spacial score (nSPS) is 14.7. The Balaban J connectivity index is 1.79. The fraction of sp³-hybridized carbons (Fsp3) is 0.333. The van der Waals surface area contributed by atoms with E-state index in [0.717, 1.165) is 41.8 Å². The van der Waals surface area contributed by atoms with E-state index in [1.54, 1.807) is 6.92 Å². The molecule has 0 atom stereocenters. The largest absolute Gasteiger partial charge is 0.352 e. The molecular formula is C18H19NO2S. The number of ketones is 1. The van der Waals surface area contributed by atoms with Gasteiger partial charge in [-0.25, -0.2) is 0 Å². The van der Waals surface area contributed by atoms with Gasteiger partial charge in [-0.05, 0) is 42.5 Å². The molecule has 4 heteroatoms. The third-order valence-corrected chi connectivity index (χ3v) is 4.79. The molecule has 0 amide bonds. The highest BCUT2D eigenvalue weighted by Crippen LogP contribution is 2.30. The zero-order valence-electron chi connectivity index (χ0n) is 12.6. The fourth-order valence-electron chi connectivity index (χ4n) is 2.91. The lowest BCUT2D eigenvalue weighted by Crippen LogP contribution is -2.09. The molecule has 1 aliphatic carbocycles. The maximum atomic E-state index is 12.0. The number of thioether (sulfide) groups is 1. The van der Waals surface area contributed by atoms with E-state index >= 15 is 0 Å². The van der Waals surface area contributed by atoms with Gasteiger partial charge in [0.05, 0.1) is 5.69 Å². The van der Waals surface area contributed by atoms with E-state index in [-0.39, 0.29) is 10.9 Å². The van der Waals surface area contributed by atoms with Crippen LogP contribution in [0.15, 0.2) is 24.3 Å². The summed E-state index contributed by atoms with van der Waals surface area (Å²) in [5, 5.41) is 1.33. The molecule has 0 bridgehead atoms. The second kappa shape index (κ2) is 6.53. The van der Waals surface area contributed by atoms with Crippen molar-refractivity contribution in [1.29, 1.82) is 0 Å². The lowest BCUT2D eigenvalue weighted by Gasteiger charge is -2.09. The summed E-state index contributed by atoms with van der Waals surface area (Å²) in [5.41, 5.74) is 4.17. The fourth-order valence-corrected chi connectivity index (χ4v) is 3.45. The molecule has 3 rings (SSSR count). The molecule has 1 heterocycles. The van der Waals surface area contributed by atoms with Gasteiger partial charge in [-0.15, -0.1) is 0 Å². The molecule has 3 nitrogen and oxygen atoms in total. The van der Waals surface area contributed by atoms with Crippen molar-refractivity contribution in [1.82, 2.24) is 4.98 Å². The predicted octanol–water partition coefficient (Wildman–Crippen LogP) is 4.37. The summed E-state index contributed by atoms with van der Waals surface area (Å²) in [4.78, 5) is 26.1. The van der Waals surface area contributed by atoms with Crippen LogP contribution in [-0.4, -0.2) is 21.6 Å². The minimum Gasteiger partial charge on any atom is -0.352 e. The summed E-state index contributed by atoms with van der Waals surface area (Å²) in [6.07, 6.45) is 7.64. The molecule has 22 heavy (non-hydrogen) atoms. The van der Waals surface area contributed by atoms with Crippen LogP contribution in [0.1, 0.15) is 47.8 Å². The number of benzene rings is 1. The van der Waals surface area contributed by atoms with Crippen LogP contribution < -0.4 is 0 Å². The van der Waals surface area contributed by atoms with Crippen LogP contribution in [0.25, 0.3) is 17.0 Å². The molecule has 0 aliphatic heterocycles. The number of fused-ring (bicyclic) bond motifs is 3. The summed E-state index contributed by atoms with van der Waals surface area (Å²) in [7, 11) is 0. The summed E-state index contributed by atoms with van der Waals surface area (Å²) in [6, 6.07) is 6.26. The quantitative estimate of drug-likeness (QED) is 0.853. The molecule has 1 aliphatic rings. The molecule has 0 spiro atoms. The molecule has 0 radical (unpaired) electrons. The SMILES string of the molecule is CC(=O)SCCC=Cc1ccc2[nH]c3c(c2c1)CCCC3=O. The maximum Gasteiger partial charge on any atom is 0.185 e. The standard InChI is InChI=1S/C18H19NO2S/c1-12(20)22-10-3-2-5-13-8-9-16-15(11-13)14-6-4-7-17(21)18(14)19-16/h2,5,8-9,11,19H,3-4,6-7,10H2,1H3. The first kappa shape index (κ1) is 15.1. The lowest BCUT2D eigenvalue weighted by molar-refractivity contribution is -0.109. The molecule has 1 N–H and O–H groups in total. The molecule has 0 saturated carbocycles. The van der Waals surface area contributed by atoms with Gasteiger partial charge in [0.25, 0.3) is 0 Å². The molecule has 1 aromatic heterocycles. The Morgan fingerprint density at radius 3 is 3.05 bits per heavy atom. The number of carbonyl (C=O) groups is 2. The number of allylic oxidation sites excluding steroid dienone is 1. The number of hydrogen-bond acceptors (Lipinski definition) is 3. The van der Waals surface area contributed by atoms with Crippen LogP contribution in [0.4, 0.5) is 0 Å². The molecule has 0 unspecified atom stereocenters. The van der Waals surface area contributed by atoms with Gasteiger partial charge < -0.3 is 4.98 Å². The average Bonchev–Trinajstić information content (AvgIpc) is 2.86. The number of carbonyl (C=O) groups excluding carboxylic acids is 2. The summed E-state index contributed by atoms with van der Waals surface area (Å²) < 4.78 is 0. The molecule has 0 saturated heterocycles. The van der Waals surface area contributed by atoms with Crippen molar-refractivity contribution in [3.8, 4) is 0 Å². The predicted molar refractivity (Wildman–Crippen MR) is 92.4 cm³/mol. The van der Waals surface area contributed by atoms with Crippen LogP contribution in [0.5, 0.6) is 0 Å². The van der Waals surface area contributed by atoms with Crippen molar-refractivity contribution in [3.63, 3.8) is 0 Å². The topological polar surface area (TPSA) is 49.9 Å². The highest BCUT2D eigenvalue weighted by molar-refractivity contribution is 8.13. The molecule has 0 fully saturated rings. The van der Waals surface area contributed by atoms with E-state index in [1.165, 1.54) is 22.7 Å². The van der Waals surface area contributed by atoms with Crippen molar-refractivity contribution in [2.45, 2.75) is 32.6 Å². The van der Waals surface area contributed by atoms with Crippen molar-refractivity contribution in [2.75, 3.05) is 5.75 Å². The van der Waals surface area contributed by atoms with Gasteiger partial charge in [-0.2, -0.15) is 0 Å². The molecular weight excluding hydrogens is 294 g/mol. The van der Waals surface area contributed by atoms with Gasteiger partial charge in [0.2, 0.25) is 0 Å². The van der Waals surface area contributed by atoms with Crippen molar-refractivity contribution >= 4 is 39.6 Å². The van der Waals surface area contributed by atoms with Gasteiger partial charge in [0.1, 0.15) is 0 Å². The number of nitrogens with one attached hydrogen (secondary N) is 1. The van der Waals surface area contributed by atoms with Crippen LogP contribution in [0, 0.1) is 0 Å². The number of aromatic nitrogens is 1. The van der Waals surface area contributed by atoms with Crippen LogP contribution in [0.2, 0.25) is 0 Å².